The molecule has 0 aliphatic carbocycles. The van der Waals surface area contributed by atoms with Crippen molar-refractivity contribution >= 4 is 11.6 Å². The average molecular weight is 265 g/mol. The minimum absolute atomic E-state index is 0.111. The van der Waals surface area contributed by atoms with E-state index in [1.54, 1.807) is 13.0 Å². The van der Waals surface area contributed by atoms with Gasteiger partial charge >= 0.3 is 0 Å². The van der Waals surface area contributed by atoms with Crippen molar-refractivity contribution in [3.63, 3.8) is 0 Å². The van der Waals surface area contributed by atoms with Gasteiger partial charge in [-0.2, -0.15) is 0 Å². The van der Waals surface area contributed by atoms with E-state index >= 15 is 0 Å². The van der Waals surface area contributed by atoms with Crippen molar-refractivity contribution in [2.45, 2.75) is 19.9 Å². The van der Waals surface area contributed by atoms with Gasteiger partial charge in [-0.3, -0.25) is 4.79 Å². The lowest BCUT2D eigenvalue weighted by molar-refractivity contribution is -0.128. The van der Waals surface area contributed by atoms with Gasteiger partial charge in [0.05, 0.1) is 0 Å². The fraction of sp³-hybridized carbons (Fsp3) is 0.500. The van der Waals surface area contributed by atoms with E-state index in [1.165, 1.54) is 12.1 Å². The van der Waals surface area contributed by atoms with E-state index in [4.69, 9.17) is 5.73 Å². The zero-order chi connectivity index (χ0) is 13.8. The van der Waals surface area contributed by atoms with Gasteiger partial charge in [0.2, 0.25) is 5.91 Å². The Morgan fingerprint density at radius 1 is 1.32 bits per heavy atom. The Labute approximate surface area is 113 Å². The topological polar surface area (TPSA) is 49.6 Å². The van der Waals surface area contributed by atoms with Crippen LogP contribution >= 0.6 is 0 Å². The van der Waals surface area contributed by atoms with Crippen molar-refractivity contribution in [2.24, 2.45) is 5.73 Å². The molecule has 1 aromatic carbocycles. The second-order valence-electron chi connectivity index (χ2n) is 4.82. The summed E-state index contributed by atoms with van der Waals surface area (Å²) < 4.78 is 13.2. The van der Waals surface area contributed by atoms with Crippen molar-refractivity contribution in [2.75, 3.05) is 31.1 Å². The molecule has 1 aliphatic rings. The average Bonchev–Trinajstić information content (AvgIpc) is 2.64. The number of nitrogens with two attached hydrogens (primary N) is 1. The summed E-state index contributed by atoms with van der Waals surface area (Å²) in [5, 5.41) is 0. The SMILES string of the molecule is CC(=O)N1CCCN(c2ccc(F)cc2CN)CC1. The molecule has 0 spiro atoms. The van der Waals surface area contributed by atoms with Gasteiger partial charge in [0.1, 0.15) is 5.82 Å². The van der Waals surface area contributed by atoms with Crippen molar-refractivity contribution < 1.29 is 9.18 Å². The number of anilines is 1. The van der Waals surface area contributed by atoms with Gasteiger partial charge in [0.15, 0.2) is 0 Å². The van der Waals surface area contributed by atoms with Gasteiger partial charge in [-0.1, -0.05) is 0 Å². The summed E-state index contributed by atoms with van der Waals surface area (Å²) in [6.07, 6.45) is 0.918. The van der Waals surface area contributed by atoms with Gasteiger partial charge in [-0.05, 0) is 30.2 Å². The van der Waals surface area contributed by atoms with Gasteiger partial charge in [-0.25, -0.2) is 4.39 Å². The third-order valence-corrected chi connectivity index (χ3v) is 3.54. The molecule has 0 aromatic heterocycles. The molecule has 0 saturated carbocycles. The summed E-state index contributed by atoms with van der Waals surface area (Å²) in [6, 6.07) is 4.73. The van der Waals surface area contributed by atoms with E-state index in [0.717, 1.165) is 37.3 Å². The van der Waals surface area contributed by atoms with Crippen LogP contribution in [0.3, 0.4) is 0 Å². The second kappa shape index (κ2) is 6.02. The Kier molecular flexibility index (Phi) is 4.37. The van der Waals surface area contributed by atoms with Crippen molar-refractivity contribution in [3.05, 3.63) is 29.6 Å². The number of carbonyl (C=O) groups excluding carboxylic acids is 1. The molecular weight excluding hydrogens is 245 g/mol. The van der Waals surface area contributed by atoms with Crippen LogP contribution in [0.1, 0.15) is 18.9 Å². The largest absolute Gasteiger partial charge is 0.369 e. The highest BCUT2D eigenvalue weighted by atomic mass is 19.1. The molecule has 4 nitrogen and oxygen atoms in total. The van der Waals surface area contributed by atoms with Crippen LogP contribution in [0.5, 0.6) is 0 Å². The minimum atomic E-state index is -0.260. The Morgan fingerprint density at radius 3 is 2.79 bits per heavy atom. The molecule has 0 atom stereocenters. The number of hydrogen-bond donors (Lipinski definition) is 1. The number of benzene rings is 1. The first kappa shape index (κ1) is 13.8. The van der Waals surface area contributed by atoms with Gasteiger partial charge in [-0.15, -0.1) is 0 Å². The number of carbonyl (C=O) groups is 1. The molecule has 1 saturated heterocycles. The monoisotopic (exact) mass is 265 g/mol. The molecule has 0 radical (unpaired) electrons. The van der Waals surface area contributed by atoms with Crippen LogP contribution in [0.2, 0.25) is 0 Å². The molecule has 0 unspecified atom stereocenters. The Morgan fingerprint density at radius 2 is 2.11 bits per heavy atom. The summed E-state index contributed by atoms with van der Waals surface area (Å²) in [7, 11) is 0. The van der Waals surface area contributed by atoms with Gasteiger partial charge < -0.3 is 15.5 Å². The van der Waals surface area contributed by atoms with Crippen LogP contribution in [-0.2, 0) is 11.3 Å². The fourth-order valence-electron chi connectivity index (χ4n) is 2.50. The van der Waals surface area contributed by atoms with Gasteiger partial charge in [0, 0.05) is 45.3 Å². The lowest BCUT2D eigenvalue weighted by Crippen LogP contribution is -2.34. The Balaban J connectivity index is 2.16. The normalized spacial score (nSPS) is 16.4. The molecule has 1 aromatic rings. The highest BCUT2D eigenvalue weighted by Crippen LogP contribution is 2.22. The molecular formula is C14H20FN3O. The predicted octanol–water partition coefficient (Wildman–Crippen LogP) is 1.34. The predicted molar refractivity (Wildman–Crippen MR) is 73.4 cm³/mol. The third kappa shape index (κ3) is 3.23. The number of rotatable bonds is 2. The molecule has 1 fully saturated rings. The van der Waals surface area contributed by atoms with E-state index < -0.39 is 0 Å². The molecule has 5 heteroatoms. The summed E-state index contributed by atoms with van der Waals surface area (Å²) in [6.45, 7) is 5.03. The van der Waals surface area contributed by atoms with Crippen LogP contribution < -0.4 is 10.6 Å². The van der Waals surface area contributed by atoms with Gasteiger partial charge in [0.25, 0.3) is 0 Å². The van der Waals surface area contributed by atoms with E-state index in [0.29, 0.717) is 13.1 Å². The van der Waals surface area contributed by atoms with Crippen LogP contribution in [-0.4, -0.2) is 37.0 Å². The standard InChI is InChI=1S/C14H20FN3O/c1-11(19)17-5-2-6-18(8-7-17)14-4-3-13(15)9-12(14)10-16/h3-4,9H,2,5-8,10,16H2,1H3. The number of amides is 1. The van der Waals surface area contributed by atoms with Crippen LogP contribution in [0.4, 0.5) is 10.1 Å². The first-order chi connectivity index (χ1) is 9.11. The molecule has 2 rings (SSSR count). The maximum atomic E-state index is 13.2. The Hall–Kier alpha value is -1.62. The molecule has 1 aliphatic heterocycles. The number of halogens is 1. The lowest BCUT2D eigenvalue weighted by Gasteiger charge is -2.25. The number of hydrogen-bond acceptors (Lipinski definition) is 3. The third-order valence-electron chi connectivity index (χ3n) is 3.54. The van der Waals surface area contributed by atoms with Crippen molar-refractivity contribution in [1.82, 2.24) is 4.90 Å². The molecule has 0 bridgehead atoms. The number of nitrogens with zero attached hydrogens (tertiary/aromatic N) is 2. The first-order valence-corrected chi connectivity index (χ1v) is 6.61. The van der Waals surface area contributed by atoms with E-state index in [9.17, 15) is 9.18 Å². The summed E-state index contributed by atoms with van der Waals surface area (Å²) >= 11 is 0. The summed E-state index contributed by atoms with van der Waals surface area (Å²) in [5.74, 6) is -0.149. The highest BCUT2D eigenvalue weighted by Gasteiger charge is 2.18. The zero-order valence-electron chi connectivity index (χ0n) is 11.2. The zero-order valence-corrected chi connectivity index (χ0v) is 11.2. The second-order valence-corrected chi connectivity index (χ2v) is 4.82. The molecule has 1 amide bonds. The highest BCUT2D eigenvalue weighted by molar-refractivity contribution is 5.73. The van der Waals surface area contributed by atoms with E-state index in [2.05, 4.69) is 4.90 Å². The van der Waals surface area contributed by atoms with E-state index in [-0.39, 0.29) is 11.7 Å². The lowest BCUT2D eigenvalue weighted by atomic mass is 10.1. The maximum absolute atomic E-state index is 13.2. The molecule has 2 N–H and O–H groups in total. The minimum Gasteiger partial charge on any atom is -0.369 e. The molecule has 19 heavy (non-hydrogen) atoms. The molecule has 1 heterocycles. The van der Waals surface area contributed by atoms with Crippen molar-refractivity contribution in [3.8, 4) is 0 Å². The summed E-state index contributed by atoms with van der Waals surface area (Å²) in [5.41, 5.74) is 7.48. The quantitative estimate of drug-likeness (QED) is 0.878. The van der Waals surface area contributed by atoms with Crippen molar-refractivity contribution in [1.29, 1.82) is 0 Å². The summed E-state index contributed by atoms with van der Waals surface area (Å²) in [4.78, 5) is 15.4. The fourth-order valence-corrected chi connectivity index (χ4v) is 2.50. The first-order valence-electron chi connectivity index (χ1n) is 6.61. The van der Waals surface area contributed by atoms with Crippen LogP contribution in [0.15, 0.2) is 18.2 Å². The maximum Gasteiger partial charge on any atom is 0.219 e. The molecule has 104 valence electrons. The van der Waals surface area contributed by atoms with Crippen LogP contribution in [0, 0.1) is 5.82 Å². The van der Waals surface area contributed by atoms with Crippen LogP contribution in [0.25, 0.3) is 0 Å². The van der Waals surface area contributed by atoms with E-state index in [1.807, 2.05) is 4.90 Å². The Bertz CT molecular complexity index is 464. The smallest absolute Gasteiger partial charge is 0.219 e.